The molecule has 0 aliphatic carbocycles. The average Bonchev–Trinajstić information content (AvgIpc) is 2.41. The van der Waals surface area contributed by atoms with Crippen LogP contribution >= 0.6 is 21.5 Å². The van der Waals surface area contributed by atoms with E-state index < -0.39 is 5.96 Å². The van der Waals surface area contributed by atoms with Crippen LogP contribution in [-0.2, 0) is 0 Å². The van der Waals surface area contributed by atoms with E-state index in [-0.39, 0.29) is 0 Å². The second-order valence-electron chi connectivity index (χ2n) is 4.11. The van der Waals surface area contributed by atoms with Gasteiger partial charge in [0.15, 0.2) is 15.5 Å². The van der Waals surface area contributed by atoms with E-state index in [0.29, 0.717) is 0 Å². The van der Waals surface area contributed by atoms with Crippen molar-refractivity contribution in [3.8, 4) is 0 Å². The Hall–Kier alpha value is -0.650. The molecule has 0 amide bonds. The minimum Gasteiger partial charge on any atom is -0.0620 e. The maximum atomic E-state index is 4.07. The van der Waals surface area contributed by atoms with E-state index in [1.807, 2.05) is 0 Å². The Morgan fingerprint density at radius 3 is 1.59 bits per heavy atom. The van der Waals surface area contributed by atoms with Crippen LogP contribution in [-0.4, -0.2) is 6.16 Å². The quantitative estimate of drug-likeness (QED) is 0.736. The molecular formula is C15H17BrP+. The first-order chi connectivity index (χ1) is 8.27. The molecule has 17 heavy (non-hydrogen) atoms. The topological polar surface area (TPSA) is 0 Å². The lowest BCUT2D eigenvalue weighted by Gasteiger charge is -2.19. The van der Waals surface area contributed by atoms with Gasteiger partial charge in [-0.2, -0.15) is 0 Å². The van der Waals surface area contributed by atoms with Gasteiger partial charge in [0.1, 0.15) is 16.6 Å². The van der Waals surface area contributed by atoms with Crippen LogP contribution in [0.4, 0.5) is 0 Å². The molecule has 0 aliphatic heterocycles. The zero-order chi connectivity index (χ0) is 12.1. The monoisotopic (exact) mass is 307 g/mol. The highest BCUT2D eigenvalue weighted by Crippen LogP contribution is 2.64. The molecule has 0 saturated carbocycles. The van der Waals surface area contributed by atoms with E-state index in [4.69, 9.17) is 0 Å². The Morgan fingerprint density at radius 1 is 0.824 bits per heavy atom. The normalized spacial score (nSPS) is 11.4. The van der Waals surface area contributed by atoms with Crippen molar-refractivity contribution < 1.29 is 0 Å². The van der Waals surface area contributed by atoms with E-state index >= 15 is 0 Å². The van der Waals surface area contributed by atoms with Gasteiger partial charge in [-0.05, 0) is 30.7 Å². The summed E-state index contributed by atoms with van der Waals surface area (Å²) in [6.45, 7) is 2.25. The minimum atomic E-state index is -1.36. The van der Waals surface area contributed by atoms with Gasteiger partial charge in [0.2, 0.25) is 0 Å². The number of halogens is 1. The largest absolute Gasteiger partial charge is 0.151 e. The van der Waals surface area contributed by atoms with Crippen LogP contribution in [0, 0.1) is 0 Å². The van der Waals surface area contributed by atoms with Gasteiger partial charge in [0.25, 0.3) is 0 Å². The Balaban J connectivity index is 2.47. The summed E-state index contributed by atoms with van der Waals surface area (Å²) < 4.78 is 0. The second kappa shape index (κ2) is 5.80. The minimum absolute atomic E-state index is 1.20. The molecule has 0 nitrogen and oxygen atoms in total. The molecule has 0 N–H and O–H groups in total. The molecule has 0 unspecified atom stereocenters. The third kappa shape index (κ3) is 2.78. The molecule has 2 aromatic carbocycles. The Bertz CT molecular complexity index is 413. The second-order valence-corrected chi connectivity index (χ2v) is 10.7. The maximum absolute atomic E-state index is 4.07. The van der Waals surface area contributed by atoms with Crippen molar-refractivity contribution in [2.45, 2.75) is 13.3 Å². The molecule has 0 spiro atoms. The third-order valence-electron chi connectivity index (χ3n) is 2.86. The molecule has 0 aromatic heterocycles. The number of rotatable bonds is 4. The van der Waals surface area contributed by atoms with E-state index in [2.05, 4.69) is 83.1 Å². The fourth-order valence-corrected chi connectivity index (χ4v) is 7.25. The molecule has 2 rings (SSSR count). The zero-order valence-electron chi connectivity index (χ0n) is 10.0. The molecular weight excluding hydrogens is 291 g/mol. The molecule has 88 valence electrons. The van der Waals surface area contributed by atoms with Crippen molar-refractivity contribution in [3.63, 3.8) is 0 Å². The lowest BCUT2D eigenvalue weighted by molar-refractivity contribution is 1.10. The van der Waals surface area contributed by atoms with Crippen molar-refractivity contribution in [2.75, 3.05) is 6.16 Å². The van der Waals surface area contributed by atoms with Crippen LogP contribution in [0.25, 0.3) is 0 Å². The summed E-state index contributed by atoms with van der Waals surface area (Å²) in [5.41, 5.74) is 0. The Kier molecular flexibility index (Phi) is 4.36. The highest BCUT2D eigenvalue weighted by molar-refractivity contribution is 9.43. The van der Waals surface area contributed by atoms with Crippen LogP contribution < -0.4 is 10.6 Å². The lowest BCUT2D eigenvalue weighted by Crippen LogP contribution is -2.19. The van der Waals surface area contributed by atoms with Gasteiger partial charge in [-0.25, -0.2) is 0 Å². The van der Waals surface area contributed by atoms with Crippen LogP contribution in [0.15, 0.2) is 60.7 Å². The molecule has 0 heterocycles. The van der Waals surface area contributed by atoms with Crippen LogP contribution in [0.2, 0.25) is 0 Å². The standard InChI is InChI=1S/C15H17BrP/c1-2-13-17(16,14-9-5-3-6-10-14)15-11-7-4-8-12-15/h3-12H,2,13H2,1H3/q+1. The number of hydrogen-bond acceptors (Lipinski definition) is 0. The van der Waals surface area contributed by atoms with Crippen molar-refractivity contribution in [1.29, 1.82) is 0 Å². The molecule has 0 aliphatic rings. The maximum Gasteiger partial charge on any atom is 0.151 e. The highest BCUT2D eigenvalue weighted by Gasteiger charge is 2.39. The van der Waals surface area contributed by atoms with E-state index in [0.717, 1.165) is 0 Å². The van der Waals surface area contributed by atoms with Gasteiger partial charge >= 0.3 is 0 Å². The van der Waals surface area contributed by atoms with Gasteiger partial charge in [-0.3, -0.25) is 0 Å². The lowest BCUT2D eigenvalue weighted by atomic mass is 10.4. The number of hydrogen-bond donors (Lipinski definition) is 0. The molecule has 0 radical (unpaired) electrons. The van der Waals surface area contributed by atoms with E-state index in [1.165, 1.54) is 23.2 Å². The van der Waals surface area contributed by atoms with E-state index in [9.17, 15) is 0 Å². The summed E-state index contributed by atoms with van der Waals surface area (Å²) in [6.07, 6.45) is 2.41. The summed E-state index contributed by atoms with van der Waals surface area (Å²) in [6, 6.07) is 21.6. The summed E-state index contributed by atoms with van der Waals surface area (Å²) in [5, 5.41) is 2.88. The Labute approximate surface area is 112 Å². The molecule has 0 fully saturated rings. The van der Waals surface area contributed by atoms with Crippen LogP contribution in [0.1, 0.15) is 13.3 Å². The van der Waals surface area contributed by atoms with Gasteiger partial charge in [0.05, 0.1) is 6.16 Å². The number of benzene rings is 2. The fourth-order valence-electron chi connectivity index (χ4n) is 2.04. The predicted octanol–water partition coefficient (Wildman–Crippen LogP) is 4.37. The first-order valence-electron chi connectivity index (χ1n) is 5.96. The van der Waals surface area contributed by atoms with Gasteiger partial charge < -0.3 is 0 Å². The molecule has 2 aromatic rings. The zero-order valence-corrected chi connectivity index (χ0v) is 12.5. The summed E-state index contributed by atoms with van der Waals surface area (Å²) >= 11 is 4.07. The van der Waals surface area contributed by atoms with Crippen LogP contribution in [0.5, 0.6) is 0 Å². The van der Waals surface area contributed by atoms with Crippen molar-refractivity contribution in [3.05, 3.63) is 60.7 Å². The molecule has 0 atom stereocenters. The SMILES string of the molecule is CCC[P+](Br)(c1ccccc1)c1ccccc1. The van der Waals surface area contributed by atoms with Crippen molar-refractivity contribution in [2.24, 2.45) is 0 Å². The summed E-state index contributed by atoms with van der Waals surface area (Å²) in [4.78, 5) is 0. The van der Waals surface area contributed by atoms with Crippen LogP contribution in [0.3, 0.4) is 0 Å². The first kappa shape index (κ1) is 12.8. The summed E-state index contributed by atoms with van der Waals surface area (Å²) in [7, 11) is 0. The average molecular weight is 308 g/mol. The Morgan fingerprint density at radius 2 is 1.24 bits per heavy atom. The summed E-state index contributed by atoms with van der Waals surface area (Å²) in [5.74, 6) is -1.36. The van der Waals surface area contributed by atoms with E-state index in [1.54, 1.807) is 0 Å². The molecule has 0 bridgehead atoms. The smallest absolute Gasteiger partial charge is 0.0620 e. The van der Waals surface area contributed by atoms with Crippen molar-refractivity contribution >= 4 is 32.1 Å². The van der Waals surface area contributed by atoms with Gasteiger partial charge in [-0.15, -0.1) is 0 Å². The molecule has 2 heteroatoms. The van der Waals surface area contributed by atoms with Gasteiger partial charge in [-0.1, -0.05) is 43.3 Å². The third-order valence-corrected chi connectivity index (χ3v) is 9.68. The fraction of sp³-hybridized carbons (Fsp3) is 0.200. The highest BCUT2D eigenvalue weighted by atomic mass is 79.9. The molecule has 0 saturated heterocycles. The van der Waals surface area contributed by atoms with Gasteiger partial charge in [0, 0.05) is 0 Å². The first-order valence-corrected chi connectivity index (χ1v) is 9.95. The van der Waals surface area contributed by atoms with Crippen molar-refractivity contribution in [1.82, 2.24) is 0 Å². The predicted molar refractivity (Wildman–Crippen MR) is 83.2 cm³/mol.